The molecular weight excluding hydrogens is 559 g/mol. The third-order valence-corrected chi connectivity index (χ3v) is 7.96. The van der Waals surface area contributed by atoms with E-state index in [9.17, 15) is 22.8 Å². The number of hydrogen-bond donors (Lipinski definition) is 0. The molecule has 2 aromatic heterocycles. The van der Waals surface area contributed by atoms with Gasteiger partial charge < -0.3 is 14.5 Å². The number of alkyl halides is 3. The quantitative estimate of drug-likeness (QED) is 0.359. The molecule has 3 atom stereocenters. The van der Waals surface area contributed by atoms with Crippen molar-refractivity contribution in [1.82, 2.24) is 24.6 Å². The number of fused-ring (bicyclic) bond motifs is 3. The fraction of sp³-hybridized carbons (Fsp3) is 0.448. The van der Waals surface area contributed by atoms with E-state index in [0.717, 1.165) is 23.4 Å². The number of benzene rings is 1. The van der Waals surface area contributed by atoms with Crippen LogP contribution in [-0.4, -0.2) is 55.1 Å². The summed E-state index contributed by atoms with van der Waals surface area (Å²) >= 11 is 5.77. The zero-order valence-corrected chi connectivity index (χ0v) is 24.1. The molecule has 218 valence electrons. The van der Waals surface area contributed by atoms with Crippen molar-refractivity contribution in [2.24, 2.45) is 0 Å². The molecule has 0 fully saturated rings. The van der Waals surface area contributed by atoms with Gasteiger partial charge in [-0.3, -0.25) is 14.3 Å². The predicted molar refractivity (Wildman–Crippen MR) is 146 cm³/mol. The summed E-state index contributed by atoms with van der Waals surface area (Å²) in [6.45, 7) is 10.0. The lowest BCUT2D eigenvalue weighted by atomic mass is 9.96. The summed E-state index contributed by atoms with van der Waals surface area (Å²) < 4.78 is 47.9. The summed E-state index contributed by atoms with van der Waals surface area (Å²) in [5, 5.41) is 4.27. The highest BCUT2D eigenvalue weighted by atomic mass is 35.5. The van der Waals surface area contributed by atoms with Crippen molar-refractivity contribution < 1.29 is 27.5 Å². The number of nitrogens with zero attached hydrogens (tertiary/aromatic N) is 5. The molecule has 41 heavy (non-hydrogen) atoms. The SMILES string of the molecule is CC(C)Oc1cc([C@H](C)N2C[C@@H](C)n3nc4c(c3C2=O)CN(C(=O)c2ccc(Cl)c(C(F)(F)F)c2)[C@H](C)C4)ccn1. The maximum Gasteiger partial charge on any atom is 0.417 e. The van der Waals surface area contributed by atoms with E-state index in [1.807, 2.05) is 46.8 Å². The van der Waals surface area contributed by atoms with E-state index in [1.165, 1.54) is 11.0 Å². The fourth-order valence-electron chi connectivity index (χ4n) is 5.51. The lowest BCUT2D eigenvalue weighted by molar-refractivity contribution is -0.137. The van der Waals surface area contributed by atoms with Gasteiger partial charge in [0.15, 0.2) is 0 Å². The predicted octanol–water partition coefficient (Wildman–Crippen LogP) is 6.10. The summed E-state index contributed by atoms with van der Waals surface area (Å²) in [5.74, 6) is -0.315. The second-order valence-corrected chi connectivity index (χ2v) is 11.4. The summed E-state index contributed by atoms with van der Waals surface area (Å²) in [7, 11) is 0. The zero-order valence-electron chi connectivity index (χ0n) is 23.4. The third kappa shape index (κ3) is 5.39. The van der Waals surface area contributed by atoms with Gasteiger partial charge >= 0.3 is 6.18 Å². The van der Waals surface area contributed by atoms with E-state index >= 15 is 0 Å². The number of rotatable bonds is 5. The molecule has 0 N–H and O–H groups in total. The normalized spacial score (nSPS) is 19.7. The lowest BCUT2D eigenvalue weighted by Crippen LogP contribution is -2.45. The Balaban J connectivity index is 1.45. The zero-order chi connectivity index (χ0) is 29.8. The first-order valence-corrected chi connectivity index (χ1v) is 13.9. The molecule has 2 aliphatic heterocycles. The van der Waals surface area contributed by atoms with Crippen LogP contribution in [-0.2, 0) is 19.1 Å². The van der Waals surface area contributed by atoms with Gasteiger partial charge in [0.25, 0.3) is 11.8 Å². The third-order valence-electron chi connectivity index (χ3n) is 7.63. The van der Waals surface area contributed by atoms with Crippen molar-refractivity contribution >= 4 is 23.4 Å². The first kappa shape index (κ1) is 28.9. The Morgan fingerprint density at radius 2 is 1.85 bits per heavy atom. The maximum atomic E-state index is 14.0. The molecule has 8 nitrogen and oxygen atoms in total. The summed E-state index contributed by atoms with van der Waals surface area (Å²) in [6.07, 6.45) is -2.72. The molecule has 5 rings (SSSR count). The van der Waals surface area contributed by atoms with Crippen LogP contribution in [0.4, 0.5) is 13.2 Å². The van der Waals surface area contributed by atoms with Crippen molar-refractivity contribution in [3.63, 3.8) is 0 Å². The molecule has 2 amide bonds. The van der Waals surface area contributed by atoms with Gasteiger partial charge in [-0.1, -0.05) is 11.6 Å². The van der Waals surface area contributed by atoms with Gasteiger partial charge in [-0.15, -0.1) is 0 Å². The fourth-order valence-corrected chi connectivity index (χ4v) is 5.73. The van der Waals surface area contributed by atoms with Crippen LogP contribution in [0.2, 0.25) is 5.02 Å². The smallest absolute Gasteiger partial charge is 0.417 e. The standard InChI is InChI=1S/C29H31ClF3N5O3/c1-15(2)41-25-12-19(8-9-34-25)18(5)37-13-17(4)38-26(28(37)40)21-14-36(16(3)10-24(21)35-38)27(39)20-6-7-23(30)22(11-20)29(31,32)33/h6-9,11-12,15-18H,10,13-14H2,1-5H3/t16-,17-,18+/m1/s1. The van der Waals surface area contributed by atoms with Crippen molar-refractivity contribution in [1.29, 1.82) is 0 Å². The van der Waals surface area contributed by atoms with Gasteiger partial charge in [0.05, 0.1) is 41.0 Å². The Kier molecular flexibility index (Phi) is 7.52. The van der Waals surface area contributed by atoms with E-state index < -0.39 is 22.7 Å². The molecule has 0 spiro atoms. The Hall–Kier alpha value is -3.60. The molecule has 0 radical (unpaired) electrons. The van der Waals surface area contributed by atoms with Gasteiger partial charge in [0.1, 0.15) is 5.69 Å². The highest BCUT2D eigenvalue weighted by molar-refractivity contribution is 6.31. The van der Waals surface area contributed by atoms with Crippen LogP contribution in [0.15, 0.2) is 36.5 Å². The molecule has 0 saturated heterocycles. The summed E-state index contributed by atoms with van der Waals surface area (Å²) in [5.41, 5.74) is 1.42. The molecule has 2 aliphatic rings. The van der Waals surface area contributed by atoms with Crippen LogP contribution in [0.1, 0.15) is 89.9 Å². The maximum absolute atomic E-state index is 14.0. The first-order chi connectivity index (χ1) is 19.3. The minimum Gasteiger partial charge on any atom is -0.475 e. The Morgan fingerprint density at radius 1 is 1.12 bits per heavy atom. The van der Waals surface area contributed by atoms with Crippen molar-refractivity contribution in [2.45, 2.75) is 78.0 Å². The number of carbonyl (C=O) groups is 2. The second kappa shape index (κ2) is 10.7. The first-order valence-electron chi connectivity index (χ1n) is 13.5. The molecule has 0 saturated carbocycles. The molecule has 3 aromatic rings. The Morgan fingerprint density at radius 3 is 2.54 bits per heavy atom. The van der Waals surface area contributed by atoms with Crippen LogP contribution in [0.3, 0.4) is 0 Å². The minimum atomic E-state index is -4.70. The molecule has 12 heteroatoms. The monoisotopic (exact) mass is 589 g/mol. The number of hydrogen-bond acceptors (Lipinski definition) is 5. The van der Waals surface area contributed by atoms with E-state index in [2.05, 4.69) is 4.98 Å². The van der Waals surface area contributed by atoms with Crippen LogP contribution in [0.5, 0.6) is 5.88 Å². The molecular formula is C29H31ClF3N5O3. The Labute approximate surface area is 241 Å². The molecule has 0 bridgehead atoms. The summed E-state index contributed by atoms with van der Waals surface area (Å²) in [6, 6.07) is 6.06. The van der Waals surface area contributed by atoms with E-state index in [0.29, 0.717) is 30.1 Å². The number of pyridine rings is 1. The average molecular weight is 590 g/mol. The molecule has 1 aromatic carbocycles. The average Bonchev–Trinajstić information content (AvgIpc) is 3.28. The molecule has 0 unspecified atom stereocenters. The molecule has 4 heterocycles. The van der Waals surface area contributed by atoms with Gasteiger partial charge in [0, 0.05) is 42.4 Å². The largest absolute Gasteiger partial charge is 0.475 e. The van der Waals surface area contributed by atoms with Gasteiger partial charge in [-0.05, 0) is 64.4 Å². The van der Waals surface area contributed by atoms with Crippen molar-refractivity contribution in [2.75, 3.05) is 6.54 Å². The second-order valence-electron chi connectivity index (χ2n) is 11.0. The van der Waals surface area contributed by atoms with E-state index in [4.69, 9.17) is 21.4 Å². The van der Waals surface area contributed by atoms with Crippen LogP contribution in [0.25, 0.3) is 0 Å². The topological polar surface area (TPSA) is 80.6 Å². The Bertz CT molecular complexity index is 1510. The molecule has 0 aliphatic carbocycles. The van der Waals surface area contributed by atoms with Crippen LogP contribution >= 0.6 is 11.6 Å². The number of amides is 2. The number of aromatic nitrogens is 3. The van der Waals surface area contributed by atoms with Crippen LogP contribution in [0, 0.1) is 0 Å². The number of halogens is 4. The highest BCUT2D eigenvalue weighted by Gasteiger charge is 2.41. The van der Waals surface area contributed by atoms with Gasteiger partial charge in [-0.2, -0.15) is 18.3 Å². The van der Waals surface area contributed by atoms with Gasteiger partial charge in [0.2, 0.25) is 5.88 Å². The van der Waals surface area contributed by atoms with Crippen molar-refractivity contribution in [3.8, 4) is 5.88 Å². The van der Waals surface area contributed by atoms with E-state index in [1.54, 1.807) is 15.8 Å². The number of ether oxygens (including phenoxy) is 1. The van der Waals surface area contributed by atoms with Crippen LogP contribution < -0.4 is 4.74 Å². The van der Waals surface area contributed by atoms with Crippen molar-refractivity contribution in [3.05, 3.63) is 75.2 Å². The minimum absolute atomic E-state index is 0.0495. The van der Waals surface area contributed by atoms with Gasteiger partial charge in [-0.25, -0.2) is 4.98 Å². The lowest BCUT2D eigenvalue weighted by Gasteiger charge is -2.37. The highest BCUT2D eigenvalue weighted by Crippen LogP contribution is 2.38. The number of carbonyl (C=O) groups excluding carboxylic acids is 2. The summed E-state index contributed by atoms with van der Waals surface area (Å²) in [4.78, 5) is 35.0. The van der Waals surface area contributed by atoms with E-state index in [-0.39, 0.29) is 42.2 Å².